The van der Waals surface area contributed by atoms with Gasteiger partial charge in [-0.1, -0.05) is 32.1 Å². The van der Waals surface area contributed by atoms with Crippen molar-refractivity contribution in [3.8, 4) is 0 Å². The van der Waals surface area contributed by atoms with E-state index in [1.807, 2.05) is 4.68 Å². The van der Waals surface area contributed by atoms with Crippen molar-refractivity contribution in [2.24, 2.45) is 0 Å². The Balaban J connectivity index is 2.58. The van der Waals surface area contributed by atoms with Gasteiger partial charge in [0, 0.05) is 6.54 Å². The summed E-state index contributed by atoms with van der Waals surface area (Å²) in [5.41, 5.74) is 3.58. The van der Waals surface area contributed by atoms with E-state index in [2.05, 4.69) is 56.2 Å². The van der Waals surface area contributed by atoms with Gasteiger partial charge in [0.25, 0.3) is 0 Å². The van der Waals surface area contributed by atoms with Gasteiger partial charge in [-0.25, -0.2) is 4.68 Å². The maximum Gasteiger partial charge on any atom is 0.113 e. The highest BCUT2D eigenvalue weighted by Gasteiger charge is 2.15. The van der Waals surface area contributed by atoms with Crippen LogP contribution >= 0.6 is 0 Å². The molecule has 0 amide bonds. The van der Waals surface area contributed by atoms with Gasteiger partial charge in [-0.2, -0.15) is 0 Å². The van der Waals surface area contributed by atoms with Gasteiger partial charge < -0.3 is 0 Å². The Morgan fingerprint density at radius 3 is 2.60 bits per heavy atom. The molecule has 0 N–H and O–H groups in total. The van der Waals surface area contributed by atoms with Crippen LogP contribution in [0.3, 0.4) is 0 Å². The fraction of sp³-hybridized carbons (Fsp3) is 0.500. The molecule has 0 saturated carbocycles. The van der Waals surface area contributed by atoms with Crippen LogP contribution < -0.4 is 0 Å². The zero-order valence-electron chi connectivity index (χ0n) is 9.78. The Bertz CT molecular complexity index is 477. The van der Waals surface area contributed by atoms with Crippen LogP contribution in [0.5, 0.6) is 0 Å². The van der Waals surface area contributed by atoms with Gasteiger partial charge >= 0.3 is 0 Å². The summed E-state index contributed by atoms with van der Waals surface area (Å²) in [5.74, 6) is 0. The third-order valence-corrected chi connectivity index (χ3v) is 2.68. The molecule has 15 heavy (non-hydrogen) atoms. The minimum Gasteiger partial charge on any atom is -0.245 e. The van der Waals surface area contributed by atoms with E-state index in [0.29, 0.717) is 0 Å². The van der Waals surface area contributed by atoms with Crippen LogP contribution in [0.2, 0.25) is 0 Å². The lowest BCUT2D eigenvalue weighted by molar-refractivity contribution is 0.591. The zero-order valence-corrected chi connectivity index (χ0v) is 9.78. The van der Waals surface area contributed by atoms with Crippen LogP contribution in [-0.4, -0.2) is 15.0 Å². The molecule has 2 aromatic rings. The Labute approximate surface area is 90.1 Å². The number of fused-ring (bicyclic) bond motifs is 1. The van der Waals surface area contributed by atoms with Crippen molar-refractivity contribution in [1.82, 2.24) is 15.0 Å². The van der Waals surface area contributed by atoms with E-state index >= 15 is 0 Å². The van der Waals surface area contributed by atoms with Crippen molar-refractivity contribution in [1.29, 1.82) is 0 Å². The highest BCUT2D eigenvalue weighted by atomic mass is 15.4. The van der Waals surface area contributed by atoms with Crippen molar-refractivity contribution >= 4 is 11.0 Å². The second kappa shape index (κ2) is 3.33. The molecule has 3 nitrogen and oxygen atoms in total. The molecule has 3 heteroatoms. The van der Waals surface area contributed by atoms with Crippen LogP contribution in [0.15, 0.2) is 18.2 Å². The third kappa shape index (κ3) is 1.74. The molecule has 0 unspecified atom stereocenters. The summed E-state index contributed by atoms with van der Waals surface area (Å²) in [7, 11) is 0. The fourth-order valence-electron chi connectivity index (χ4n) is 1.67. The number of rotatable bonds is 1. The average molecular weight is 203 g/mol. The molecule has 0 spiro atoms. The van der Waals surface area contributed by atoms with E-state index in [4.69, 9.17) is 0 Å². The van der Waals surface area contributed by atoms with Gasteiger partial charge in [0.2, 0.25) is 0 Å². The van der Waals surface area contributed by atoms with E-state index in [-0.39, 0.29) is 5.41 Å². The molecule has 1 heterocycles. The van der Waals surface area contributed by atoms with Crippen molar-refractivity contribution in [2.45, 2.75) is 39.7 Å². The van der Waals surface area contributed by atoms with E-state index in [1.54, 1.807) is 0 Å². The largest absolute Gasteiger partial charge is 0.245 e. The Morgan fingerprint density at radius 2 is 2.00 bits per heavy atom. The monoisotopic (exact) mass is 203 g/mol. The number of benzene rings is 1. The molecule has 80 valence electrons. The molecule has 2 rings (SSSR count). The van der Waals surface area contributed by atoms with Gasteiger partial charge in [0.15, 0.2) is 0 Å². The number of nitrogens with zero attached hydrogens (tertiary/aromatic N) is 3. The molecule has 0 aliphatic rings. The predicted octanol–water partition coefficient (Wildman–Crippen LogP) is 2.75. The normalized spacial score (nSPS) is 12.3. The van der Waals surface area contributed by atoms with Crippen molar-refractivity contribution in [3.05, 3.63) is 23.8 Å². The van der Waals surface area contributed by atoms with E-state index in [0.717, 1.165) is 17.6 Å². The molecular weight excluding hydrogens is 186 g/mol. The minimum atomic E-state index is 0.171. The highest BCUT2D eigenvalue weighted by Crippen LogP contribution is 2.24. The second-order valence-electron chi connectivity index (χ2n) is 4.86. The molecule has 0 aliphatic heterocycles. The molecular formula is C12H17N3. The van der Waals surface area contributed by atoms with Gasteiger partial charge in [0.1, 0.15) is 5.52 Å². The summed E-state index contributed by atoms with van der Waals surface area (Å²) in [6.07, 6.45) is 0. The molecule has 1 aromatic heterocycles. The van der Waals surface area contributed by atoms with Crippen LogP contribution in [0, 0.1) is 0 Å². The lowest BCUT2D eigenvalue weighted by Gasteiger charge is -2.18. The van der Waals surface area contributed by atoms with E-state index in [9.17, 15) is 0 Å². The first-order valence-electron chi connectivity index (χ1n) is 5.36. The molecule has 0 aliphatic carbocycles. The van der Waals surface area contributed by atoms with Crippen LogP contribution in [0.25, 0.3) is 11.0 Å². The summed E-state index contributed by atoms with van der Waals surface area (Å²) in [4.78, 5) is 0. The predicted molar refractivity (Wildman–Crippen MR) is 61.9 cm³/mol. The summed E-state index contributed by atoms with van der Waals surface area (Å²) < 4.78 is 1.92. The third-order valence-electron chi connectivity index (χ3n) is 2.68. The van der Waals surface area contributed by atoms with Crippen LogP contribution in [0.4, 0.5) is 0 Å². The zero-order chi connectivity index (χ0) is 11.1. The summed E-state index contributed by atoms with van der Waals surface area (Å²) >= 11 is 0. The molecule has 1 aromatic carbocycles. The minimum absolute atomic E-state index is 0.171. The standard InChI is InChI=1S/C12H17N3/c1-5-15-11-7-6-9(12(2,3)4)8-10(11)13-14-15/h6-8H,5H2,1-4H3. The van der Waals surface area contributed by atoms with Crippen molar-refractivity contribution < 1.29 is 0 Å². The highest BCUT2D eigenvalue weighted by molar-refractivity contribution is 5.75. The molecule has 0 bridgehead atoms. The summed E-state index contributed by atoms with van der Waals surface area (Å²) in [6, 6.07) is 6.41. The van der Waals surface area contributed by atoms with Gasteiger partial charge in [-0.05, 0) is 30.0 Å². The molecule has 0 saturated heterocycles. The Kier molecular flexibility index (Phi) is 2.25. The second-order valence-corrected chi connectivity index (χ2v) is 4.86. The van der Waals surface area contributed by atoms with Crippen molar-refractivity contribution in [2.75, 3.05) is 0 Å². The number of hydrogen-bond acceptors (Lipinski definition) is 2. The fourth-order valence-corrected chi connectivity index (χ4v) is 1.67. The topological polar surface area (TPSA) is 30.7 Å². The van der Waals surface area contributed by atoms with Gasteiger partial charge in [0.05, 0.1) is 5.52 Å². The van der Waals surface area contributed by atoms with Gasteiger partial charge in [-0.3, -0.25) is 0 Å². The average Bonchev–Trinajstić information content (AvgIpc) is 2.58. The first-order chi connectivity index (χ1) is 7.02. The number of aryl methyl sites for hydroxylation is 1. The number of aromatic nitrogens is 3. The Morgan fingerprint density at radius 1 is 1.27 bits per heavy atom. The van der Waals surface area contributed by atoms with E-state index in [1.165, 1.54) is 5.56 Å². The van der Waals surface area contributed by atoms with Gasteiger partial charge in [-0.15, -0.1) is 5.10 Å². The first-order valence-corrected chi connectivity index (χ1v) is 5.36. The van der Waals surface area contributed by atoms with Crippen LogP contribution in [0.1, 0.15) is 33.3 Å². The summed E-state index contributed by atoms with van der Waals surface area (Å²) in [5, 5.41) is 8.28. The van der Waals surface area contributed by atoms with Crippen LogP contribution in [-0.2, 0) is 12.0 Å². The first kappa shape index (κ1) is 10.1. The lowest BCUT2D eigenvalue weighted by atomic mass is 9.87. The molecule has 0 atom stereocenters. The maximum absolute atomic E-state index is 4.18. The van der Waals surface area contributed by atoms with Crippen molar-refractivity contribution in [3.63, 3.8) is 0 Å². The maximum atomic E-state index is 4.18. The lowest BCUT2D eigenvalue weighted by Crippen LogP contribution is -2.10. The molecule has 0 radical (unpaired) electrons. The SMILES string of the molecule is CCn1nnc2cc(C(C)(C)C)ccc21. The quantitative estimate of drug-likeness (QED) is 0.713. The van der Waals surface area contributed by atoms with E-state index < -0.39 is 0 Å². The Hall–Kier alpha value is -1.38. The number of hydrogen-bond donors (Lipinski definition) is 0. The molecule has 0 fully saturated rings. The smallest absolute Gasteiger partial charge is 0.113 e. The summed E-state index contributed by atoms with van der Waals surface area (Å²) in [6.45, 7) is 9.56.